The Morgan fingerprint density at radius 1 is 1.19 bits per heavy atom. The molecule has 0 fully saturated rings. The van der Waals surface area contributed by atoms with Crippen LogP contribution in [0.25, 0.3) is 0 Å². The summed E-state index contributed by atoms with van der Waals surface area (Å²) in [6, 6.07) is 9.80. The van der Waals surface area contributed by atoms with Crippen LogP contribution in [-0.2, 0) is 0 Å². The second-order valence-corrected chi connectivity index (χ2v) is 3.75. The molecule has 0 aromatic heterocycles. The highest BCUT2D eigenvalue weighted by Crippen LogP contribution is 2.14. The van der Waals surface area contributed by atoms with Crippen molar-refractivity contribution in [2.45, 2.75) is 25.3 Å². The van der Waals surface area contributed by atoms with Gasteiger partial charge in [0.25, 0.3) is 6.43 Å². The predicted molar refractivity (Wildman–Crippen MR) is 61.5 cm³/mol. The van der Waals surface area contributed by atoms with E-state index in [0.29, 0.717) is 6.54 Å². The Morgan fingerprint density at radius 2 is 1.88 bits per heavy atom. The van der Waals surface area contributed by atoms with Crippen LogP contribution in [0.4, 0.5) is 8.78 Å². The normalized spacial score (nSPS) is 13.0. The van der Waals surface area contributed by atoms with E-state index >= 15 is 0 Å². The van der Waals surface area contributed by atoms with Crippen molar-refractivity contribution < 1.29 is 8.78 Å². The van der Waals surface area contributed by atoms with E-state index in [9.17, 15) is 8.78 Å². The second-order valence-electron chi connectivity index (χ2n) is 3.75. The molecule has 0 aliphatic heterocycles. The molecule has 2 nitrogen and oxygen atoms in total. The molecule has 0 aliphatic carbocycles. The maximum atomic E-state index is 11.8. The van der Waals surface area contributed by atoms with Gasteiger partial charge in [-0.3, -0.25) is 0 Å². The molecule has 4 heteroatoms. The molecule has 3 N–H and O–H groups in total. The Bertz CT molecular complexity index is 278. The average molecular weight is 228 g/mol. The molecule has 1 aromatic carbocycles. The smallest absolute Gasteiger partial charge is 0.250 e. The maximum absolute atomic E-state index is 11.8. The average Bonchev–Trinajstić information content (AvgIpc) is 2.29. The van der Waals surface area contributed by atoms with E-state index in [1.54, 1.807) is 0 Å². The largest absolute Gasteiger partial charge is 0.324 e. The van der Waals surface area contributed by atoms with Crippen molar-refractivity contribution in [2.75, 3.05) is 13.1 Å². The van der Waals surface area contributed by atoms with Crippen LogP contribution in [0.1, 0.15) is 24.4 Å². The standard InChI is InChI=1S/C12H18F2N2/c13-12(14)9-16-8-4-7-11(15)10-5-2-1-3-6-10/h1-3,5-6,11-12,16H,4,7-9,15H2. The predicted octanol–water partition coefficient (Wildman–Crippen LogP) is 2.32. The zero-order valence-electron chi connectivity index (χ0n) is 9.20. The number of nitrogens with one attached hydrogen (secondary N) is 1. The van der Waals surface area contributed by atoms with Gasteiger partial charge in [0.15, 0.2) is 0 Å². The Hall–Kier alpha value is -1.00. The highest BCUT2D eigenvalue weighted by atomic mass is 19.3. The minimum absolute atomic E-state index is 0.00505. The summed E-state index contributed by atoms with van der Waals surface area (Å²) in [5.41, 5.74) is 7.05. The molecule has 1 unspecified atom stereocenters. The molecule has 0 saturated heterocycles. The molecule has 90 valence electrons. The Kier molecular flexibility index (Phi) is 5.96. The quantitative estimate of drug-likeness (QED) is 0.703. The van der Waals surface area contributed by atoms with Crippen LogP contribution in [0, 0.1) is 0 Å². The lowest BCUT2D eigenvalue weighted by molar-refractivity contribution is 0.146. The lowest BCUT2D eigenvalue weighted by Gasteiger charge is -2.11. The first-order valence-electron chi connectivity index (χ1n) is 5.49. The summed E-state index contributed by atoms with van der Waals surface area (Å²) in [7, 11) is 0. The molecule has 0 bridgehead atoms. The first-order valence-corrected chi connectivity index (χ1v) is 5.49. The van der Waals surface area contributed by atoms with Gasteiger partial charge in [-0.2, -0.15) is 0 Å². The monoisotopic (exact) mass is 228 g/mol. The first kappa shape index (κ1) is 13.1. The fraction of sp³-hybridized carbons (Fsp3) is 0.500. The number of alkyl halides is 2. The topological polar surface area (TPSA) is 38.0 Å². The van der Waals surface area contributed by atoms with Crippen LogP contribution in [-0.4, -0.2) is 19.5 Å². The van der Waals surface area contributed by atoms with Crippen LogP contribution in [0.5, 0.6) is 0 Å². The van der Waals surface area contributed by atoms with Gasteiger partial charge in [-0.25, -0.2) is 8.78 Å². The van der Waals surface area contributed by atoms with Crippen molar-refractivity contribution in [1.29, 1.82) is 0 Å². The molecule has 0 amide bonds. The van der Waals surface area contributed by atoms with E-state index in [4.69, 9.17) is 5.73 Å². The van der Waals surface area contributed by atoms with E-state index in [2.05, 4.69) is 5.32 Å². The highest BCUT2D eigenvalue weighted by Gasteiger charge is 2.05. The fourth-order valence-electron chi connectivity index (χ4n) is 1.53. The first-order chi connectivity index (χ1) is 7.70. The van der Waals surface area contributed by atoms with Gasteiger partial charge in [-0.1, -0.05) is 30.3 Å². The summed E-state index contributed by atoms with van der Waals surface area (Å²) in [4.78, 5) is 0. The van der Waals surface area contributed by atoms with Crippen LogP contribution in [0.2, 0.25) is 0 Å². The zero-order valence-corrected chi connectivity index (χ0v) is 9.20. The third kappa shape index (κ3) is 5.19. The zero-order chi connectivity index (χ0) is 11.8. The third-order valence-electron chi connectivity index (χ3n) is 2.40. The molecule has 0 heterocycles. The van der Waals surface area contributed by atoms with Gasteiger partial charge in [-0.05, 0) is 24.9 Å². The van der Waals surface area contributed by atoms with Crippen molar-refractivity contribution in [2.24, 2.45) is 5.73 Å². The summed E-state index contributed by atoms with van der Waals surface area (Å²) < 4.78 is 23.6. The summed E-state index contributed by atoms with van der Waals surface area (Å²) >= 11 is 0. The molecule has 0 radical (unpaired) electrons. The van der Waals surface area contributed by atoms with Gasteiger partial charge in [0.1, 0.15) is 0 Å². The lowest BCUT2D eigenvalue weighted by Crippen LogP contribution is -2.23. The van der Waals surface area contributed by atoms with Crippen LogP contribution in [0.15, 0.2) is 30.3 Å². The van der Waals surface area contributed by atoms with Crippen molar-refractivity contribution in [1.82, 2.24) is 5.32 Å². The van der Waals surface area contributed by atoms with Gasteiger partial charge in [0.05, 0.1) is 6.54 Å². The Labute approximate surface area is 94.8 Å². The van der Waals surface area contributed by atoms with E-state index in [1.165, 1.54) is 0 Å². The minimum atomic E-state index is -2.28. The van der Waals surface area contributed by atoms with Gasteiger partial charge in [-0.15, -0.1) is 0 Å². The minimum Gasteiger partial charge on any atom is -0.324 e. The van der Waals surface area contributed by atoms with Gasteiger partial charge in [0.2, 0.25) is 0 Å². The molecule has 1 atom stereocenters. The van der Waals surface area contributed by atoms with E-state index in [1.807, 2.05) is 30.3 Å². The van der Waals surface area contributed by atoms with Crippen molar-refractivity contribution in [3.63, 3.8) is 0 Å². The molecule has 1 rings (SSSR count). The van der Waals surface area contributed by atoms with Crippen LogP contribution in [0.3, 0.4) is 0 Å². The van der Waals surface area contributed by atoms with Gasteiger partial charge < -0.3 is 11.1 Å². The van der Waals surface area contributed by atoms with Crippen LogP contribution < -0.4 is 11.1 Å². The summed E-state index contributed by atoms with van der Waals surface area (Å²) in [5, 5.41) is 2.69. The number of hydrogen-bond acceptors (Lipinski definition) is 2. The van der Waals surface area contributed by atoms with Crippen LogP contribution >= 0.6 is 0 Å². The molecule has 0 spiro atoms. The molecule has 0 aliphatic rings. The van der Waals surface area contributed by atoms with Gasteiger partial charge in [0, 0.05) is 6.04 Å². The molecule has 0 saturated carbocycles. The van der Waals surface area contributed by atoms with Crippen molar-refractivity contribution >= 4 is 0 Å². The van der Waals surface area contributed by atoms with E-state index < -0.39 is 6.43 Å². The molecule has 1 aromatic rings. The summed E-state index contributed by atoms with van der Waals surface area (Å²) in [5.74, 6) is 0. The second kappa shape index (κ2) is 7.30. The molecular weight excluding hydrogens is 210 g/mol. The number of hydrogen-bond donors (Lipinski definition) is 2. The highest BCUT2D eigenvalue weighted by molar-refractivity contribution is 5.18. The van der Waals surface area contributed by atoms with Crippen molar-refractivity contribution in [3.05, 3.63) is 35.9 Å². The summed E-state index contributed by atoms with van der Waals surface area (Å²) in [6.07, 6.45) is -0.661. The summed E-state index contributed by atoms with van der Waals surface area (Å²) in [6.45, 7) is 0.353. The van der Waals surface area contributed by atoms with Gasteiger partial charge >= 0.3 is 0 Å². The maximum Gasteiger partial charge on any atom is 0.250 e. The Balaban J connectivity index is 2.14. The number of rotatable bonds is 7. The number of nitrogens with two attached hydrogens (primary N) is 1. The van der Waals surface area contributed by atoms with E-state index in [0.717, 1.165) is 18.4 Å². The number of benzene rings is 1. The SMILES string of the molecule is NC(CCCNCC(F)F)c1ccccc1. The Morgan fingerprint density at radius 3 is 2.50 bits per heavy atom. The molecular formula is C12H18F2N2. The number of halogens is 2. The lowest BCUT2D eigenvalue weighted by atomic mass is 10.0. The fourth-order valence-corrected chi connectivity index (χ4v) is 1.53. The van der Waals surface area contributed by atoms with Crippen molar-refractivity contribution in [3.8, 4) is 0 Å². The third-order valence-corrected chi connectivity index (χ3v) is 2.40. The molecule has 16 heavy (non-hydrogen) atoms. The van der Waals surface area contributed by atoms with E-state index in [-0.39, 0.29) is 12.6 Å².